The largest absolute Gasteiger partial charge is 0.437 e. The average Bonchev–Trinajstić information content (AvgIpc) is 2.97. The number of aromatic nitrogens is 1. The minimum Gasteiger partial charge on any atom is -0.437 e. The summed E-state index contributed by atoms with van der Waals surface area (Å²) < 4.78 is 6.00. The van der Waals surface area contributed by atoms with E-state index >= 15 is 0 Å². The van der Waals surface area contributed by atoms with Crippen molar-refractivity contribution >= 4 is 22.7 Å². The molecule has 105 valence electrons. The topological polar surface area (TPSA) is 26.0 Å². The van der Waals surface area contributed by atoms with Gasteiger partial charge in [0.1, 0.15) is 5.76 Å². The molecule has 0 aliphatic carbocycles. The highest BCUT2D eigenvalue weighted by molar-refractivity contribution is 6.36. The van der Waals surface area contributed by atoms with Crippen LogP contribution in [-0.4, -0.2) is 4.98 Å². The van der Waals surface area contributed by atoms with Crippen LogP contribution in [0, 0.1) is 6.07 Å². The van der Waals surface area contributed by atoms with Crippen LogP contribution in [0.2, 0.25) is 5.02 Å². The lowest BCUT2D eigenvalue weighted by molar-refractivity contribution is 0.619. The third kappa shape index (κ3) is 2.09. The van der Waals surface area contributed by atoms with E-state index in [1.54, 1.807) is 12.3 Å². The van der Waals surface area contributed by atoms with Crippen molar-refractivity contribution in [3.8, 4) is 22.5 Å². The van der Waals surface area contributed by atoms with Gasteiger partial charge in [-0.1, -0.05) is 60.1 Å². The molecule has 4 aromatic rings. The van der Waals surface area contributed by atoms with Gasteiger partial charge in [0.2, 0.25) is 5.71 Å². The Morgan fingerprint density at radius 2 is 1.77 bits per heavy atom. The van der Waals surface area contributed by atoms with E-state index in [2.05, 4.69) is 11.1 Å². The Labute approximate surface area is 133 Å². The minimum absolute atomic E-state index is 0.546. The van der Waals surface area contributed by atoms with Gasteiger partial charge in [-0.2, -0.15) is 0 Å². The maximum atomic E-state index is 6.41. The molecule has 1 radical (unpaired) electrons. The number of halogens is 1. The fourth-order valence-electron chi connectivity index (χ4n) is 2.60. The fraction of sp³-hybridized carbons (Fsp3) is 0. The van der Waals surface area contributed by atoms with Gasteiger partial charge in [0.15, 0.2) is 0 Å². The molecule has 2 nitrogen and oxygen atoms in total. The van der Waals surface area contributed by atoms with E-state index in [4.69, 9.17) is 16.0 Å². The van der Waals surface area contributed by atoms with Gasteiger partial charge in [0.05, 0.1) is 10.4 Å². The summed E-state index contributed by atoms with van der Waals surface area (Å²) in [6.45, 7) is 0. The summed E-state index contributed by atoms with van der Waals surface area (Å²) in [5.74, 6) is 0.763. The molecule has 0 aliphatic rings. The lowest BCUT2D eigenvalue weighted by Crippen LogP contribution is -1.81. The molecule has 0 saturated heterocycles. The Bertz CT molecular complexity index is 930. The average molecular weight is 305 g/mol. The van der Waals surface area contributed by atoms with Gasteiger partial charge in [-0.05, 0) is 23.8 Å². The Morgan fingerprint density at radius 3 is 2.55 bits per heavy atom. The van der Waals surface area contributed by atoms with E-state index in [9.17, 15) is 0 Å². The van der Waals surface area contributed by atoms with Crippen LogP contribution in [0.3, 0.4) is 0 Å². The van der Waals surface area contributed by atoms with Crippen molar-refractivity contribution in [3.63, 3.8) is 0 Å². The van der Waals surface area contributed by atoms with E-state index < -0.39 is 0 Å². The standard InChI is InChI=1S/C19H11ClNO/c20-15-11-12-21-19-17(15)16(13-7-3-1-4-8-13)18(22-19)14-9-5-2-6-10-14/h1-5,7-12H. The molecule has 0 spiro atoms. The predicted octanol–water partition coefficient (Wildman–Crippen LogP) is 5.62. The molecule has 0 saturated carbocycles. The highest BCUT2D eigenvalue weighted by atomic mass is 35.5. The van der Waals surface area contributed by atoms with Crippen molar-refractivity contribution in [2.45, 2.75) is 0 Å². The van der Waals surface area contributed by atoms with Crippen molar-refractivity contribution < 1.29 is 4.42 Å². The minimum atomic E-state index is 0.546. The van der Waals surface area contributed by atoms with Gasteiger partial charge in [-0.3, -0.25) is 0 Å². The maximum Gasteiger partial charge on any atom is 0.228 e. The van der Waals surface area contributed by atoms with Gasteiger partial charge in [0.25, 0.3) is 0 Å². The highest BCUT2D eigenvalue weighted by Gasteiger charge is 2.20. The number of furan rings is 1. The smallest absolute Gasteiger partial charge is 0.228 e. The zero-order valence-electron chi connectivity index (χ0n) is 11.6. The van der Waals surface area contributed by atoms with Crippen molar-refractivity contribution in [1.82, 2.24) is 4.98 Å². The first-order valence-corrected chi connectivity index (χ1v) is 7.31. The van der Waals surface area contributed by atoms with Crippen LogP contribution in [0.4, 0.5) is 0 Å². The second-order valence-electron chi connectivity index (χ2n) is 4.94. The van der Waals surface area contributed by atoms with Crippen molar-refractivity contribution in [3.05, 3.63) is 77.9 Å². The number of pyridine rings is 1. The van der Waals surface area contributed by atoms with Crippen LogP contribution >= 0.6 is 11.6 Å². The summed E-state index contributed by atoms with van der Waals surface area (Å²) in [4.78, 5) is 4.31. The molecule has 2 aromatic carbocycles. The summed E-state index contributed by atoms with van der Waals surface area (Å²) in [7, 11) is 0. The van der Waals surface area contributed by atoms with E-state index in [-0.39, 0.29) is 0 Å². The van der Waals surface area contributed by atoms with Gasteiger partial charge in [-0.25, -0.2) is 4.98 Å². The molecule has 0 atom stereocenters. The van der Waals surface area contributed by atoms with Crippen molar-refractivity contribution in [2.75, 3.05) is 0 Å². The van der Waals surface area contributed by atoms with Gasteiger partial charge >= 0.3 is 0 Å². The third-order valence-electron chi connectivity index (χ3n) is 3.57. The molecule has 3 heteroatoms. The first-order valence-electron chi connectivity index (χ1n) is 6.93. The third-order valence-corrected chi connectivity index (χ3v) is 3.89. The second kappa shape index (κ2) is 5.32. The molecule has 2 heterocycles. The summed E-state index contributed by atoms with van der Waals surface area (Å²) in [5.41, 5.74) is 3.52. The van der Waals surface area contributed by atoms with Crippen LogP contribution in [0.1, 0.15) is 0 Å². The van der Waals surface area contributed by atoms with E-state index in [0.29, 0.717) is 10.7 Å². The summed E-state index contributed by atoms with van der Waals surface area (Å²) in [6, 6.07) is 22.6. The first kappa shape index (κ1) is 13.1. The van der Waals surface area contributed by atoms with Crippen LogP contribution in [0.15, 0.2) is 71.3 Å². The lowest BCUT2D eigenvalue weighted by atomic mass is 9.99. The molecular formula is C19H11ClNO. The molecule has 4 rings (SSSR count). The number of nitrogens with zero attached hydrogens (tertiary/aromatic N) is 1. The highest BCUT2D eigenvalue weighted by Crippen LogP contribution is 2.42. The lowest BCUT2D eigenvalue weighted by Gasteiger charge is -2.04. The fourth-order valence-corrected chi connectivity index (χ4v) is 2.84. The second-order valence-corrected chi connectivity index (χ2v) is 5.34. The molecule has 0 aliphatic heterocycles. The number of fused-ring (bicyclic) bond motifs is 1. The van der Waals surface area contributed by atoms with Crippen LogP contribution < -0.4 is 0 Å². The Hall–Kier alpha value is -2.58. The van der Waals surface area contributed by atoms with Crippen molar-refractivity contribution in [2.24, 2.45) is 0 Å². The van der Waals surface area contributed by atoms with Crippen molar-refractivity contribution in [1.29, 1.82) is 0 Å². The zero-order valence-corrected chi connectivity index (χ0v) is 12.3. The summed E-state index contributed by atoms with van der Waals surface area (Å²) in [6.07, 6.45) is 1.66. The SMILES string of the molecule is Clc1ccnc2oc(-c3c[c]ccc3)c(-c3ccccc3)c12. The summed E-state index contributed by atoms with van der Waals surface area (Å²) >= 11 is 6.41. The quantitative estimate of drug-likeness (QED) is 0.480. The van der Waals surface area contributed by atoms with Crippen LogP contribution in [-0.2, 0) is 0 Å². The molecule has 0 bridgehead atoms. The zero-order chi connectivity index (χ0) is 14.9. The Balaban J connectivity index is 2.11. The number of hydrogen-bond donors (Lipinski definition) is 0. The monoisotopic (exact) mass is 304 g/mol. The predicted molar refractivity (Wildman–Crippen MR) is 88.7 cm³/mol. The maximum absolute atomic E-state index is 6.41. The molecule has 0 N–H and O–H groups in total. The van der Waals surface area contributed by atoms with Crippen LogP contribution in [0.5, 0.6) is 0 Å². The first-order chi connectivity index (χ1) is 10.8. The number of hydrogen-bond acceptors (Lipinski definition) is 2. The molecule has 2 aromatic heterocycles. The van der Waals surface area contributed by atoms with E-state index in [1.807, 2.05) is 54.6 Å². The van der Waals surface area contributed by atoms with Gasteiger partial charge < -0.3 is 4.42 Å². The molecule has 0 fully saturated rings. The van der Waals surface area contributed by atoms with E-state index in [1.165, 1.54) is 0 Å². The molecule has 0 amide bonds. The molecule has 0 unspecified atom stereocenters. The van der Waals surface area contributed by atoms with Gasteiger partial charge in [0, 0.05) is 17.3 Å². The normalized spacial score (nSPS) is 11.0. The van der Waals surface area contributed by atoms with Crippen LogP contribution in [0.25, 0.3) is 33.6 Å². The number of rotatable bonds is 2. The summed E-state index contributed by atoms with van der Waals surface area (Å²) in [5, 5.41) is 1.48. The Kier molecular flexibility index (Phi) is 3.17. The molecular weight excluding hydrogens is 294 g/mol. The number of benzene rings is 2. The van der Waals surface area contributed by atoms with E-state index in [0.717, 1.165) is 27.8 Å². The van der Waals surface area contributed by atoms with Gasteiger partial charge in [-0.15, -0.1) is 0 Å². The molecule has 22 heavy (non-hydrogen) atoms. The Morgan fingerprint density at radius 1 is 0.955 bits per heavy atom.